The van der Waals surface area contributed by atoms with E-state index >= 15 is 0 Å². The number of fused-ring (bicyclic) bond motifs is 2. The standard InChI is InChI=1S/C54H68N6O6/c1-65-53(63)57-49(37-11-5-3-6-12-37)51(61)59-27-9-15-45(59)43-29-39(31-55-43)33-17-19-34(20-18-33)41-25-26-42(48-36-23-21-35(22-24-36)47(41)48)40-30-44(56-32-40)46-16-10-28-60(46)52(62)50(58-54(64)66-2)38-13-7-4-8-14-38/h17-20,25-26,31-32,35-38,45-46,49-50H,3-16,21-24,27-30H2,1-2H3,(H,57,63)(H,58,64)/t35?,36?,45-,46+,49+,50+/m1/s1. The van der Waals surface area contributed by atoms with Crippen molar-refractivity contribution in [1.82, 2.24) is 20.4 Å². The quantitative estimate of drug-likeness (QED) is 0.230. The van der Waals surface area contributed by atoms with Crippen molar-refractivity contribution < 1.29 is 28.7 Å². The van der Waals surface area contributed by atoms with Crippen LogP contribution in [0.3, 0.4) is 0 Å². The molecule has 9 aliphatic rings. The van der Waals surface area contributed by atoms with Crippen LogP contribution in [-0.4, -0.2) is 96.7 Å². The van der Waals surface area contributed by atoms with Gasteiger partial charge in [0.1, 0.15) is 12.1 Å². The molecule has 350 valence electrons. The Balaban J connectivity index is 0.827. The minimum atomic E-state index is -0.570. The number of nitrogens with one attached hydrogen (secondary N) is 2. The molecule has 12 nitrogen and oxygen atoms in total. The first-order valence-electron chi connectivity index (χ1n) is 25.4. The third-order valence-corrected chi connectivity index (χ3v) is 16.8. The van der Waals surface area contributed by atoms with Gasteiger partial charge in [0.05, 0.1) is 26.3 Å². The molecule has 4 aliphatic heterocycles. The molecule has 0 spiro atoms. The number of likely N-dealkylation sites (tertiary alicyclic amines) is 2. The Morgan fingerprint density at radius 1 is 0.530 bits per heavy atom. The van der Waals surface area contributed by atoms with E-state index in [0.717, 1.165) is 100 Å². The minimum absolute atomic E-state index is 0.00270. The number of rotatable bonds is 11. The average molecular weight is 897 g/mol. The highest BCUT2D eigenvalue weighted by Gasteiger charge is 2.43. The number of alkyl carbamates (subject to hydrolysis) is 2. The molecule has 2 aromatic rings. The lowest BCUT2D eigenvalue weighted by Crippen LogP contribution is -2.54. The van der Waals surface area contributed by atoms with Gasteiger partial charge in [-0.25, -0.2) is 9.59 Å². The van der Waals surface area contributed by atoms with Crippen LogP contribution in [0.25, 0.3) is 22.3 Å². The van der Waals surface area contributed by atoms with Crippen molar-refractivity contribution in [2.75, 3.05) is 27.3 Å². The molecule has 11 rings (SSSR count). The van der Waals surface area contributed by atoms with Gasteiger partial charge in [0.2, 0.25) is 11.8 Å². The molecule has 12 heteroatoms. The third-order valence-electron chi connectivity index (χ3n) is 16.8. The van der Waals surface area contributed by atoms with E-state index in [0.29, 0.717) is 31.3 Å². The molecule has 66 heavy (non-hydrogen) atoms. The number of nitrogens with zero attached hydrogens (tertiary/aromatic N) is 4. The van der Waals surface area contributed by atoms with E-state index in [-0.39, 0.29) is 35.7 Å². The molecule has 5 aliphatic carbocycles. The predicted molar refractivity (Wildman–Crippen MR) is 257 cm³/mol. The minimum Gasteiger partial charge on any atom is -0.453 e. The van der Waals surface area contributed by atoms with Gasteiger partial charge >= 0.3 is 12.2 Å². The largest absolute Gasteiger partial charge is 0.453 e. The van der Waals surface area contributed by atoms with Crippen molar-refractivity contribution in [1.29, 1.82) is 0 Å². The fraction of sp³-hybridized carbons (Fsp3) is 0.593. The Morgan fingerprint density at radius 3 is 1.47 bits per heavy atom. The van der Waals surface area contributed by atoms with Crippen LogP contribution in [0.5, 0.6) is 0 Å². The molecular formula is C54H68N6O6. The maximum atomic E-state index is 14.3. The second kappa shape index (κ2) is 19.5. The summed E-state index contributed by atoms with van der Waals surface area (Å²) in [7, 11) is 2.72. The number of hydrogen-bond acceptors (Lipinski definition) is 8. The van der Waals surface area contributed by atoms with E-state index in [1.165, 1.54) is 91.7 Å². The SMILES string of the molecule is COC(=O)N[C@H](C(=O)N1CCC[C@@H]1C1=NC=C(c2ccc(-c3ccc(C4=CN=C([C@@H]5CCCN5C(=O)[C@@H](NC(=O)OC)C5CCCCC5)C4)c4c3C3CCC4CC3)cc2)C1)C1CCCCC1. The van der Waals surface area contributed by atoms with Crippen molar-refractivity contribution in [3.63, 3.8) is 0 Å². The van der Waals surface area contributed by atoms with E-state index in [9.17, 15) is 19.2 Å². The van der Waals surface area contributed by atoms with Gasteiger partial charge < -0.3 is 29.9 Å². The Hall–Kier alpha value is -5.26. The van der Waals surface area contributed by atoms with Crippen LogP contribution in [0.1, 0.15) is 163 Å². The fourth-order valence-corrected chi connectivity index (χ4v) is 13.4. The monoisotopic (exact) mass is 897 g/mol. The van der Waals surface area contributed by atoms with Crippen molar-refractivity contribution in [3.8, 4) is 11.1 Å². The number of amides is 4. The predicted octanol–water partition coefficient (Wildman–Crippen LogP) is 10.1. The Bertz CT molecular complexity index is 2310. The number of benzene rings is 2. The summed E-state index contributed by atoms with van der Waals surface area (Å²) in [5.74, 6) is 1.32. The first-order valence-corrected chi connectivity index (χ1v) is 25.4. The number of hydrogen-bond donors (Lipinski definition) is 2. The van der Waals surface area contributed by atoms with Crippen LogP contribution < -0.4 is 10.6 Å². The van der Waals surface area contributed by atoms with Gasteiger partial charge in [0, 0.05) is 49.8 Å². The van der Waals surface area contributed by atoms with Crippen molar-refractivity contribution in [2.24, 2.45) is 21.8 Å². The molecule has 0 radical (unpaired) electrons. The molecule has 2 N–H and O–H groups in total. The lowest BCUT2D eigenvalue weighted by Gasteiger charge is -2.41. The zero-order valence-electron chi connectivity index (χ0n) is 39.0. The topological polar surface area (TPSA) is 142 Å². The lowest BCUT2D eigenvalue weighted by molar-refractivity contribution is -0.135. The molecule has 2 saturated heterocycles. The lowest BCUT2D eigenvalue weighted by atomic mass is 9.63. The van der Waals surface area contributed by atoms with Gasteiger partial charge in [-0.3, -0.25) is 19.6 Å². The highest BCUT2D eigenvalue weighted by atomic mass is 16.5. The third kappa shape index (κ3) is 8.73. The van der Waals surface area contributed by atoms with Gasteiger partial charge in [0.15, 0.2) is 0 Å². The first-order chi connectivity index (χ1) is 32.3. The van der Waals surface area contributed by atoms with Crippen molar-refractivity contribution >= 4 is 46.6 Å². The molecule has 5 fully saturated rings. The van der Waals surface area contributed by atoms with Crippen LogP contribution >= 0.6 is 0 Å². The smallest absolute Gasteiger partial charge is 0.407 e. The van der Waals surface area contributed by atoms with E-state index in [1.807, 2.05) is 16.0 Å². The summed E-state index contributed by atoms with van der Waals surface area (Å²) in [4.78, 5) is 67.4. The summed E-state index contributed by atoms with van der Waals surface area (Å²) >= 11 is 0. The van der Waals surface area contributed by atoms with Crippen LogP contribution in [0.15, 0.2) is 58.8 Å². The van der Waals surface area contributed by atoms with Crippen LogP contribution in [-0.2, 0) is 19.1 Å². The van der Waals surface area contributed by atoms with Gasteiger partial charge in [-0.05, 0) is 145 Å². The molecule has 2 bridgehead atoms. The highest BCUT2D eigenvalue weighted by Crippen LogP contribution is 2.55. The zero-order chi connectivity index (χ0) is 45.3. The number of carbonyl (C=O) groups excluding carboxylic acids is 4. The summed E-state index contributed by atoms with van der Waals surface area (Å²) in [6, 6.07) is 12.5. The Labute approximate surface area is 390 Å². The highest BCUT2D eigenvalue weighted by molar-refractivity contribution is 6.05. The summed E-state index contributed by atoms with van der Waals surface area (Å²) in [6.07, 6.45) is 23.4. The van der Waals surface area contributed by atoms with Gasteiger partial charge in [-0.2, -0.15) is 0 Å². The van der Waals surface area contributed by atoms with Crippen LogP contribution in [0, 0.1) is 11.8 Å². The average Bonchev–Trinajstić information content (AvgIpc) is 4.23. The molecule has 4 amide bonds. The van der Waals surface area contributed by atoms with Gasteiger partial charge in [-0.15, -0.1) is 0 Å². The van der Waals surface area contributed by atoms with Crippen LogP contribution in [0.4, 0.5) is 9.59 Å². The summed E-state index contributed by atoms with van der Waals surface area (Å²) in [5.41, 5.74) is 12.6. The maximum Gasteiger partial charge on any atom is 0.407 e. The molecule has 0 aromatic heterocycles. The number of carbonyl (C=O) groups is 4. The molecule has 3 saturated carbocycles. The molecular weight excluding hydrogens is 829 g/mol. The van der Waals surface area contributed by atoms with E-state index in [2.05, 4.69) is 53.2 Å². The maximum absolute atomic E-state index is 14.3. The normalized spacial score (nSPS) is 26.2. The molecule has 4 atom stereocenters. The van der Waals surface area contributed by atoms with Crippen LogP contribution in [0.2, 0.25) is 0 Å². The van der Waals surface area contributed by atoms with E-state index < -0.39 is 24.3 Å². The Morgan fingerprint density at radius 2 is 0.970 bits per heavy atom. The Kier molecular flexibility index (Phi) is 13.2. The van der Waals surface area contributed by atoms with Crippen molar-refractivity contribution in [3.05, 3.63) is 71.1 Å². The van der Waals surface area contributed by atoms with E-state index in [4.69, 9.17) is 19.5 Å². The number of methoxy groups -OCH3 is 2. The zero-order valence-corrected chi connectivity index (χ0v) is 39.0. The summed E-state index contributed by atoms with van der Waals surface area (Å²) in [5, 5.41) is 5.86. The second-order valence-corrected chi connectivity index (χ2v) is 20.4. The van der Waals surface area contributed by atoms with Gasteiger partial charge in [-0.1, -0.05) is 74.9 Å². The molecule has 0 unspecified atom stereocenters. The first kappa shape index (κ1) is 44.6. The second-order valence-electron chi connectivity index (χ2n) is 20.4. The molecule has 2 aromatic carbocycles. The number of ether oxygens (including phenoxy) is 2. The van der Waals surface area contributed by atoms with Gasteiger partial charge in [0.25, 0.3) is 0 Å². The number of aliphatic imine (C=N–C) groups is 2. The number of allylic oxidation sites excluding steroid dienone is 2. The summed E-state index contributed by atoms with van der Waals surface area (Å²) in [6.45, 7) is 1.36. The van der Waals surface area contributed by atoms with E-state index in [1.54, 1.807) is 0 Å². The van der Waals surface area contributed by atoms with Crippen molar-refractivity contribution in [2.45, 2.75) is 164 Å². The molecule has 4 heterocycles. The fourth-order valence-electron chi connectivity index (χ4n) is 13.4. The summed E-state index contributed by atoms with van der Waals surface area (Å²) < 4.78 is 9.94.